The number of rotatable bonds is 4. The van der Waals surface area contributed by atoms with Crippen LogP contribution >= 0.6 is 23.1 Å². The molecule has 2 aromatic carbocycles. The molecule has 0 N–H and O–H groups in total. The van der Waals surface area contributed by atoms with Crippen molar-refractivity contribution in [3.05, 3.63) is 71.9 Å². The minimum atomic E-state index is -0.111. The van der Waals surface area contributed by atoms with E-state index in [4.69, 9.17) is 4.98 Å². The minimum absolute atomic E-state index is 0.111. The first-order chi connectivity index (χ1) is 13.0. The second-order valence-electron chi connectivity index (χ2n) is 7.19. The SMILES string of the molecule is CC(C)(C)c1nnc(Sc2nc(-c3ccccc3)cs2)n1-c1ccccc1. The van der Waals surface area contributed by atoms with Crippen LogP contribution in [0.4, 0.5) is 0 Å². The van der Waals surface area contributed by atoms with Crippen molar-refractivity contribution in [1.29, 1.82) is 0 Å². The van der Waals surface area contributed by atoms with Gasteiger partial charge in [0, 0.05) is 22.0 Å². The maximum absolute atomic E-state index is 4.78. The number of thiazole rings is 1. The molecule has 0 amide bonds. The van der Waals surface area contributed by atoms with Crippen LogP contribution in [0.15, 0.2) is 75.5 Å². The number of hydrogen-bond acceptors (Lipinski definition) is 5. The molecule has 0 unspecified atom stereocenters. The molecular weight excluding hydrogens is 372 g/mol. The number of benzene rings is 2. The van der Waals surface area contributed by atoms with Gasteiger partial charge in [0.15, 0.2) is 4.34 Å². The van der Waals surface area contributed by atoms with Gasteiger partial charge in [-0.2, -0.15) is 0 Å². The van der Waals surface area contributed by atoms with E-state index in [0.717, 1.165) is 32.3 Å². The normalized spacial score (nSPS) is 11.7. The lowest BCUT2D eigenvalue weighted by Gasteiger charge is -2.19. The highest BCUT2D eigenvalue weighted by molar-refractivity contribution is 8.00. The van der Waals surface area contributed by atoms with Crippen molar-refractivity contribution in [2.45, 2.75) is 35.7 Å². The zero-order chi connectivity index (χ0) is 18.9. The molecule has 0 atom stereocenters. The van der Waals surface area contributed by atoms with Gasteiger partial charge < -0.3 is 0 Å². The topological polar surface area (TPSA) is 43.6 Å². The molecule has 0 aliphatic carbocycles. The van der Waals surface area contributed by atoms with Gasteiger partial charge in [0.2, 0.25) is 5.16 Å². The van der Waals surface area contributed by atoms with Gasteiger partial charge in [0.25, 0.3) is 0 Å². The Kier molecular flexibility index (Phi) is 4.85. The average Bonchev–Trinajstić information content (AvgIpc) is 3.30. The Bertz CT molecular complexity index is 1030. The van der Waals surface area contributed by atoms with Crippen LogP contribution in [0.1, 0.15) is 26.6 Å². The fraction of sp³-hybridized carbons (Fsp3) is 0.190. The first-order valence-corrected chi connectivity index (χ1v) is 10.4. The van der Waals surface area contributed by atoms with Gasteiger partial charge in [-0.3, -0.25) is 4.57 Å². The summed E-state index contributed by atoms with van der Waals surface area (Å²) in [6, 6.07) is 20.5. The summed E-state index contributed by atoms with van der Waals surface area (Å²) in [6.07, 6.45) is 0. The smallest absolute Gasteiger partial charge is 0.202 e. The molecular formula is C21H20N4S2. The highest BCUT2D eigenvalue weighted by atomic mass is 32.2. The van der Waals surface area contributed by atoms with Crippen LogP contribution in [-0.4, -0.2) is 19.7 Å². The Morgan fingerprint density at radius 3 is 2.22 bits per heavy atom. The molecule has 0 spiro atoms. The zero-order valence-electron chi connectivity index (χ0n) is 15.5. The first kappa shape index (κ1) is 17.9. The standard InChI is InChI=1S/C21H20N4S2/c1-21(2,3)18-23-24-19(25(18)16-12-8-5-9-13-16)27-20-22-17(14-26-20)15-10-6-4-7-11-15/h4-14H,1-3H3. The lowest BCUT2D eigenvalue weighted by molar-refractivity contribution is 0.529. The highest BCUT2D eigenvalue weighted by Crippen LogP contribution is 2.35. The predicted molar refractivity (Wildman–Crippen MR) is 112 cm³/mol. The van der Waals surface area contributed by atoms with E-state index >= 15 is 0 Å². The van der Waals surface area contributed by atoms with Gasteiger partial charge in [0.05, 0.1) is 5.69 Å². The van der Waals surface area contributed by atoms with Crippen LogP contribution in [-0.2, 0) is 5.41 Å². The molecule has 2 heterocycles. The van der Waals surface area contributed by atoms with Crippen molar-refractivity contribution in [3.8, 4) is 16.9 Å². The molecule has 6 heteroatoms. The predicted octanol–water partition coefficient (Wildman–Crippen LogP) is 5.84. The molecule has 0 bridgehead atoms. The molecule has 0 radical (unpaired) electrons. The number of para-hydroxylation sites is 1. The van der Waals surface area contributed by atoms with E-state index in [-0.39, 0.29) is 5.41 Å². The van der Waals surface area contributed by atoms with E-state index in [2.05, 4.69) is 65.2 Å². The van der Waals surface area contributed by atoms with Crippen LogP contribution in [0.3, 0.4) is 0 Å². The number of aromatic nitrogens is 4. The molecule has 0 aliphatic rings. The maximum Gasteiger partial charge on any atom is 0.202 e. The Hall–Kier alpha value is -2.44. The van der Waals surface area contributed by atoms with E-state index in [1.54, 1.807) is 23.1 Å². The van der Waals surface area contributed by atoms with E-state index in [1.807, 2.05) is 36.4 Å². The third kappa shape index (κ3) is 3.82. The second kappa shape index (κ2) is 7.29. The summed E-state index contributed by atoms with van der Waals surface area (Å²) >= 11 is 3.19. The zero-order valence-corrected chi connectivity index (χ0v) is 17.1. The van der Waals surface area contributed by atoms with Crippen LogP contribution in [0.2, 0.25) is 0 Å². The largest absolute Gasteiger partial charge is 0.273 e. The molecule has 136 valence electrons. The summed E-state index contributed by atoms with van der Waals surface area (Å²) in [5, 5.41) is 11.9. The molecule has 0 aliphatic heterocycles. The monoisotopic (exact) mass is 392 g/mol. The van der Waals surface area contributed by atoms with E-state index < -0.39 is 0 Å². The second-order valence-corrected chi connectivity index (χ2v) is 9.27. The van der Waals surface area contributed by atoms with Crippen LogP contribution in [0.25, 0.3) is 16.9 Å². The van der Waals surface area contributed by atoms with E-state index in [9.17, 15) is 0 Å². The fourth-order valence-corrected chi connectivity index (χ4v) is 4.53. The fourth-order valence-electron chi connectivity index (χ4n) is 2.76. The molecule has 2 aromatic heterocycles. The Morgan fingerprint density at radius 2 is 1.56 bits per heavy atom. The van der Waals surface area contributed by atoms with E-state index in [0.29, 0.717) is 0 Å². The Labute approximate surface area is 167 Å². The van der Waals surface area contributed by atoms with Gasteiger partial charge in [-0.05, 0) is 23.9 Å². The quantitative estimate of drug-likeness (QED) is 0.438. The molecule has 27 heavy (non-hydrogen) atoms. The van der Waals surface area contributed by atoms with Crippen molar-refractivity contribution >= 4 is 23.1 Å². The van der Waals surface area contributed by atoms with Crippen molar-refractivity contribution in [2.75, 3.05) is 0 Å². The maximum atomic E-state index is 4.78. The lowest BCUT2D eigenvalue weighted by Crippen LogP contribution is -2.18. The first-order valence-electron chi connectivity index (χ1n) is 8.72. The Morgan fingerprint density at radius 1 is 0.889 bits per heavy atom. The lowest BCUT2D eigenvalue weighted by atomic mass is 9.95. The van der Waals surface area contributed by atoms with Gasteiger partial charge in [-0.15, -0.1) is 21.5 Å². The molecule has 0 fully saturated rings. The van der Waals surface area contributed by atoms with Crippen molar-refractivity contribution in [2.24, 2.45) is 0 Å². The van der Waals surface area contributed by atoms with Crippen LogP contribution in [0.5, 0.6) is 0 Å². The molecule has 4 nitrogen and oxygen atoms in total. The molecule has 4 aromatic rings. The molecule has 4 rings (SSSR count). The average molecular weight is 393 g/mol. The summed E-state index contributed by atoms with van der Waals surface area (Å²) in [4.78, 5) is 4.78. The van der Waals surface area contributed by atoms with Gasteiger partial charge in [0.1, 0.15) is 5.82 Å². The molecule has 0 saturated carbocycles. The number of hydrogen-bond donors (Lipinski definition) is 0. The summed E-state index contributed by atoms with van der Waals surface area (Å²) < 4.78 is 3.09. The van der Waals surface area contributed by atoms with Crippen LogP contribution in [0, 0.1) is 0 Å². The third-order valence-electron chi connectivity index (χ3n) is 4.05. The Balaban J connectivity index is 1.71. The number of nitrogens with zero attached hydrogens (tertiary/aromatic N) is 4. The molecule has 0 saturated heterocycles. The summed E-state index contributed by atoms with van der Waals surface area (Å²) in [7, 11) is 0. The summed E-state index contributed by atoms with van der Waals surface area (Å²) in [5.74, 6) is 0.941. The van der Waals surface area contributed by atoms with E-state index in [1.165, 1.54) is 0 Å². The summed E-state index contributed by atoms with van der Waals surface area (Å²) in [5.41, 5.74) is 3.07. The van der Waals surface area contributed by atoms with Crippen molar-refractivity contribution in [1.82, 2.24) is 19.7 Å². The van der Waals surface area contributed by atoms with Crippen molar-refractivity contribution in [3.63, 3.8) is 0 Å². The van der Waals surface area contributed by atoms with Gasteiger partial charge in [-0.25, -0.2) is 4.98 Å². The highest BCUT2D eigenvalue weighted by Gasteiger charge is 2.25. The van der Waals surface area contributed by atoms with Crippen LogP contribution < -0.4 is 0 Å². The van der Waals surface area contributed by atoms with Gasteiger partial charge in [-0.1, -0.05) is 69.3 Å². The minimum Gasteiger partial charge on any atom is -0.273 e. The van der Waals surface area contributed by atoms with Gasteiger partial charge >= 0.3 is 0 Å². The third-order valence-corrected chi connectivity index (χ3v) is 5.94. The summed E-state index contributed by atoms with van der Waals surface area (Å²) in [6.45, 7) is 6.46. The van der Waals surface area contributed by atoms with Crippen molar-refractivity contribution < 1.29 is 0 Å².